The lowest BCUT2D eigenvalue weighted by Gasteiger charge is -2.02. The van der Waals surface area contributed by atoms with Gasteiger partial charge in [0.15, 0.2) is 0 Å². The summed E-state index contributed by atoms with van der Waals surface area (Å²) in [6, 6.07) is 38.4. The zero-order valence-corrected chi connectivity index (χ0v) is 18.6. The predicted octanol–water partition coefficient (Wildman–Crippen LogP) is 8.67. The predicted molar refractivity (Wildman–Crippen MR) is 139 cm³/mol. The summed E-state index contributed by atoms with van der Waals surface area (Å²) in [5.74, 6) is 0. The molecule has 34 heavy (non-hydrogen) atoms. The van der Waals surface area contributed by atoms with Gasteiger partial charge in [0.1, 0.15) is 22.3 Å². The zero-order valence-electron chi connectivity index (χ0n) is 18.6. The van der Waals surface area contributed by atoms with Crippen molar-refractivity contribution in [3.8, 4) is 0 Å². The van der Waals surface area contributed by atoms with Crippen LogP contribution in [-0.2, 0) is 12.8 Å². The Kier molecular flexibility index (Phi) is 4.31. The van der Waals surface area contributed by atoms with Crippen molar-refractivity contribution in [2.45, 2.75) is 12.8 Å². The van der Waals surface area contributed by atoms with Crippen molar-refractivity contribution >= 4 is 43.9 Å². The third-order valence-electron chi connectivity index (χ3n) is 6.70. The van der Waals surface area contributed by atoms with Crippen molar-refractivity contribution in [1.29, 1.82) is 0 Å². The van der Waals surface area contributed by atoms with E-state index in [1.165, 1.54) is 22.3 Å². The van der Waals surface area contributed by atoms with E-state index in [2.05, 4.69) is 109 Å². The fourth-order valence-corrected chi connectivity index (χ4v) is 5.07. The molecule has 0 atom stereocenters. The number of benzene rings is 5. The number of hydrogen-bond acceptors (Lipinski definition) is 2. The van der Waals surface area contributed by atoms with Crippen molar-refractivity contribution in [3.05, 3.63) is 131 Å². The average Bonchev–Trinajstić information content (AvgIpc) is 3.43. The van der Waals surface area contributed by atoms with Gasteiger partial charge < -0.3 is 8.83 Å². The monoisotopic (exact) mass is 438 g/mol. The standard InChI is InChI=1S/C32H22O2/c1-3-7-21(8-4-1)17-23-11-14-28-26(19-23)25-13-16-30-31(32(25)34-28)27-20-24(12-15-29(27)33-30)18-22-9-5-2-6-10-22/h1-16,19-20H,17-18H2. The third-order valence-corrected chi connectivity index (χ3v) is 6.70. The van der Waals surface area contributed by atoms with Gasteiger partial charge in [-0.05, 0) is 71.5 Å². The van der Waals surface area contributed by atoms with E-state index in [4.69, 9.17) is 8.83 Å². The first-order valence-corrected chi connectivity index (χ1v) is 11.7. The van der Waals surface area contributed by atoms with E-state index in [0.717, 1.165) is 56.7 Å². The van der Waals surface area contributed by atoms with Crippen LogP contribution >= 0.6 is 0 Å². The Morgan fingerprint density at radius 2 is 0.971 bits per heavy atom. The van der Waals surface area contributed by atoms with Gasteiger partial charge in [-0.3, -0.25) is 0 Å². The molecule has 0 bridgehead atoms. The van der Waals surface area contributed by atoms with Crippen LogP contribution in [0.5, 0.6) is 0 Å². The molecule has 7 aromatic rings. The fraction of sp³-hybridized carbons (Fsp3) is 0.0625. The second-order valence-electron chi connectivity index (χ2n) is 9.01. The molecule has 0 aliphatic rings. The van der Waals surface area contributed by atoms with Gasteiger partial charge in [0.2, 0.25) is 0 Å². The number of rotatable bonds is 4. The minimum atomic E-state index is 0.864. The molecular formula is C32H22O2. The van der Waals surface area contributed by atoms with E-state index in [-0.39, 0.29) is 0 Å². The van der Waals surface area contributed by atoms with Gasteiger partial charge in [-0.1, -0.05) is 72.8 Å². The molecule has 0 unspecified atom stereocenters. The fourth-order valence-electron chi connectivity index (χ4n) is 5.07. The summed E-state index contributed by atoms with van der Waals surface area (Å²) >= 11 is 0. The maximum atomic E-state index is 6.44. The Morgan fingerprint density at radius 3 is 1.62 bits per heavy atom. The lowest BCUT2D eigenvalue weighted by molar-refractivity contribution is 0.662. The molecule has 2 heterocycles. The molecule has 0 saturated carbocycles. The Hall–Kier alpha value is -4.30. The Morgan fingerprint density at radius 1 is 0.412 bits per heavy atom. The van der Waals surface area contributed by atoms with Crippen molar-refractivity contribution in [2.75, 3.05) is 0 Å². The summed E-state index contributed by atoms with van der Waals surface area (Å²) in [5.41, 5.74) is 8.73. The molecule has 7 rings (SSSR count). The Bertz CT molecular complexity index is 1790. The van der Waals surface area contributed by atoms with E-state index in [0.29, 0.717) is 0 Å². The van der Waals surface area contributed by atoms with Crippen LogP contribution in [-0.4, -0.2) is 0 Å². The Balaban J connectivity index is 1.38. The first-order valence-electron chi connectivity index (χ1n) is 11.7. The molecule has 0 spiro atoms. The van der Waals surface area contributed by atoms with Crippen molar-refractivity contribution in [2.24, 2.45) is 0 Å². The first-order chi connectivity index (χ1) is 16.8. The number of hydrogen-bond donors (Lipinski definition) is 0. The molecule has 2 nitrogen and oxygen atoms in total. The van der Waals surface area contributed by atoms with Crippen LogP contribution in [0.15, 0.2) is 118 Å². The highest BCUT2D eigenvalue weighted by Gasteiger charge is 2.17. The summed E-state index contributed by atoms with van der Waals surface area (Å²) in [6.07, 6.45) is 1.80. The molecule has 0 radical (unpaired) electrons. The quantitative estimate of drug-likeness (QED) is 0.275. The van der Waals surface area contributed by atoms with Crippen LogP contribution < -0.4 is 0 Å². The van der Waals surface area contributed by atoms with Gasteiger partial charge in [0.05, 0.1) is 5.39 Å². The molecule has 162 valence electrons. The van der Waals surface area contributed by atoms with Crippen LogP contribution in [0.4, 0.5) is 0 Å². The molecule has 0 fully saturated rings. The summed E-state index contributed by atoms with van der Waals surface area (Å²) in [7, 11) is 0. The number of furan rings is 2. The van der Waals surface area contributed by atoms with E-state index < -0.39 is 0 Å². The maximum absolute atomic E-state index is 6.44. The lowest BCUT2D eigenvalue weighted by Crippen LogP contribution is -1.87. The van der Waals surface area contributed by atoms with E-state index in [1.807, 2.05) is 0 Å². The summed E-state index contributed by atoms with van der Waals surface area (Å²) in [4.78, 5) is 0. The highest BCUT2D eigenvalue weighted by Crippen LogP contribution is 2.39. The van der Waals surface area contributed by atoms with E-state index in [1.54, 1.807) is 0 Å². The van der Waals surface area contributed by atoms with Gasteiger partial charge in [0.25, 0.3) is 0 Å². The molecule has 2 aromatic heterocycles. The number of fused-ring (bicyclic) bond motifs is 7. The zero-order chi connectivity index (χ0) is 22.5. The van der Waals surface area contributed by atoms with Gasteiger partial charge in [-0.25, -0.2) is 0 Å². The molecule has 0 aliphatic heterocycles. The van der Waals surface area contributed by atoms with Gasteiger partial charge in [-0.2, -0.15) is 0 Å². The van der Waals surface area contributed by atoms with Crippen molar-refractivity contribution < 1.29 is 8.83 Å². The summed E-state index contributed by atoms with van der Waals surface area (Å²) in [6.45, 7) is 0. The van der Waals surface area contributed by atoms with Crippen LogP contribution in [0.2, 0.25) is 0 Å². The van der Waals surface area contributed by atoms with E-state index >= 15 is 0 Å². The lowest BCUT2D eigenvalue weighted by atomic mass is 10.0. The van der Waals surface area contributed by atoms with Crippen LogP contribution in [0.1, 0.15) is 22.3 Å². The topological polar surface area (TPSA) is 26.3 Å². The smallest absolute Gasteiger partial charge is 0.147 e. The first kappa shape index (κ1) is 19.2. The van der Waals surface area contributed by atoms with Crippen molar-refractivity contribution in [3.63, 3.8) is 0 Å². The maximum Gasteiger partial charge on any atom is 0.147 e. The van der Waals surface area contributed by atoms with Crippen LogP contribution in [0.3, 0.4) is 0 Å². The molecule has 0 saturated heterocycles. The van der Waals surface area contributed by atoms with E-state index in [9.17, 15) is 0 Å². The average molecular weight is 439 g/mol. The largest absolute Gasteiger partial charge is 0.456 e. The molecule has 0 N–H and O–H groups in total. The molecule has 0 amide bonds. The summed E-state index contributed by atoms with van der Waals surface area (Å²) < 4.78 is 12.6. The normalized spacial score (nSPS) is 11.8. The van der Waals surface area contributed by atoms with Gasteiger partial charge >= 0.3 is 0 Å². The second-order valence-corrected chi connectivity index (χ2v) is 9.01. The van der Waals surface area contributed by atoms with Crippen LogP contribution in [0, 0.1) is 0 Å². The molecule has 5 aromatic carbocycles. The highest BCUT2D eigenvalue weighted by atomic mass is 16.3. The minimum Gasteiger partial charge on any atom is -0.456 e. The highest BCUT2D eigenvalue weighted by molar-refractivity contribution is 6.22. The van der Waals surface area contributed by atoms with Gasteiger partial charge in [0, 0.05) is 16.2 Å². The molecule has 0 aliphatic carbocycles. The molecular weight excluding hydrogens is 416 g/mol. The van der Waals surface area contributed by atoms with Crippen molar-refractivity contribution in [1.82, 2.24) is 0 Å². The second kappa shape index (κ2) is 7.64. The SMILES string of the molecule is c1ccc(Cc2ccc3oc4c(ccc5oc6ccc(Cc7ccccc7)cc6c54)c3c2)cc1. The minimum absolute atomic E-state index is 0.864. The molecule has 2 heteroatoms. The van der Waals surface area contributed by atoms with Crippen LogP contribution in [0.25, 0.3) is 43.9 Å². The Labute approximate surface area is 197 Å². The van der Waals surface area contributed by atoms with Gasteiger partial charge in [-0.15, -0.1) is 0 Å². The summed E-state index contributed by atoms with van der Waals surface area (Å²) in [5, 5.41) is 4.45. The third kappa shape index (κ3) is 3.19.